The Hall–Kier alpha value is -1.26. The molecule has 2 aliphatic rings. The molecule has 1 N–H and O–H groups in total. The van der Waals surface area contributed by atoms with E-state index in [0.717, 1.165) is 36.7 Å². The lowest BCUT2D eigenvalue weighted by molar-refractivity contribution is -0.121. The number of rotatable bonds is 7. The van der Waals surface area contributed by atoms with Gasteiger partial charge in [-0.05, 0) is 62.4 Å². The van der Waals surface area contributed by atoms with Gasteiger partial charge in [0.05, 0.1) is 6.10 Å². The number of hydrogen-bond acceptors (Lipinski definition) is 3. The molecule has 1 heterocycles. The van der Waals surface area contributed by atoms with Crippen molar-refractivity contribution in [2.24, 2.45) is 5.92 Å². The molecule has 1 aliphatic heterocycles. The fraction of sp³-hybridized carbons (Fsp3) is 0.632. The number of ether oxygens (including phenoxy) is 1. The molecule has 0 radical (unpaired) electrons. The van der Waals surface area contributed by atoms with Crippen molar-refractivity contribution in [3.05, 3.63) is 28.8 Å². The number of carbonyl (C=O) groups excluding carboxylic acids is 1. The number of nitrogens with one attached hydrogen (secondary N) is 1. The number of likely N-dealkylation sites (tertiary alicyclic amines) is 1. The molecule has 1 aromatic carbocycles. The summed E-state index contributed by atoms with van der Waals surface area (Å²) in [6.45, 7) is 5.92. The lowest BCUT2D eigenvalue weighted by atomic mass is 9.82. The first-order valence-corrected chi connectivity index (χ1v) is 9.46. The van der Waals surface area contributed by atoms with Crippen molar-refractivity contribution in [3.8, 4) is 5.75 Å². The Morgan fingerprint density at radius 1 is 1.33 bits per heavy atom. The molecular formula is C19H27ClN2O2. The molecule has 24 heavy (non-hydrogen) atoms. The maximum absolute atomic E-state index is 11.3. The first kappa shape index (κ1) is 17.6. The van der Waals surface area contributed by atoms with Gasteiger partial charge in [0, 0.05) is 24.5 Å². The monoisotopic (exact) mass is 350 g/mol. The largest absolute Gasteiger partial charge is 0.490 e. The van der Waals surface area contributed by atoms with E-state index in [4.69, 9.17) is 16.3 Å². The van der Waals surface area contributed by atoms with Crippen molar-refractivity contribution in [1.82, 2.24) is 10.2 Å². The molecule has 5 heteroatoms. The van der Waals surface area contributed by atoms with Gasteiger partial charge in [0.1, 0.15) is 5.75 Å². The topological polar surface area (TPSA) is 41.6 Å². The summed E-state index contributed by atoms with van der Waals surface area (Å²) in [5.41, 5.74) is 1.18. The first-order valence-electron chi connectivity index (χ1n) is 9.08. The van der Waals surface area contributed by atoms with Gasteiger partial charge in [0.2, 0.25) is 5.91 Å². The molecule has 1 saturated heterocycles. The lowest BCUT2D eigenvalue weighted by Gasteiger charge is -2.35. The summed E-state index contributed by atoms with van der Waals surface area (Å²) >= 11 is 6.43. The van der Waals surface area contributed by atoms with Crippen LogP contribution in [0, 0.1) is 5.92 Å². The van der Waals surface area contributed by atoms with E-state index in [1.54, 1.807) is 0 Å². The molecule has 3 rings (SSSR count). The van der Waals surface area contributed by atoms with Crippen molar-refractivity contribution in [1.29, 1.82) is 0 Å². The van der Waals surface area contributed by atoms with Crippen molar-refractivity contribution in [2.45, 2.75) is 51.7 Å². The number of benzene rings is 1. The summed E-state index contributed by atoms with van der Waals surface area (Å²) in [6.07, 6.45) is 5.37. The van der Waals surface area contributed by atoms with E-state index in [9.17, 15) is 4.79 Å². The molecule has 1 amide bonds. The van der Waals surface area contributed by atoms with Gasteiger partial charge in [0.25, 0.3) is 0 Å². The maximum atomic E-state index is 11.3. The molecule has 132 valence electrons. The van der Waals surface area contributed by atoms with Crippen LogP contribution in [-0.2, 0) is 11.3 Å². The van der Waals surface area contributed by atoms with Crippen LogP contribution in [0.1, 0.15) is 44.6 Å². The third-order valence-corrected chi connectivity index (χ3v) is 5.37. The second-order valence-corrected chi connectivity index (χ2v) is 7.38. The predicted molar refractivity (Wildman–Crippen MR) is 96.4 cm³/mol. The molecule has 0 atom stereocenters. The fourth-order valence-corrected chi connectivity index (χ4v) is 3.65. The van der Waals surface area contributed by atoms with Crippen LogP contribution in [0.15, 0.2) is 18.2 Å². The standard InChI is InChI=1S/C19H27ClN2O2/c1-2-19(23)21-12-14-9-17(10-14)24-16-6-5-15(18(20)11-16)13-22-7-3-4-8-22/h5-6,11,14,17H,2-4,7-10,12-13H2,1H3,(H,21,23). The predicted octanol–water partition coefficient (Wildman–Crippen LogP) is 3.62. The minimum Gasteiger partial charge on any atom is -0.490 e. The molecule has 1 aromatic rings. The number of hydrogen-bond donors (Lipinski definition) is 1. The lowest BCUT2D eigenvalue weighted by Crippen LogP contribution is -2.40. The highest BCUT2D eigenvalue weighted by molar-refractivity contribution is 6.31. The molecule has 2 fully saturated rings. The second-order valence-electron chi connectivity index (χ2n) is 6.97. The van der Waals surface area contributed by atoms with E-state index in [1.807, 2.05) is 19.1 Å². The van der Waals surface area contributed by atoms with Gasteiger partial charge in [-0.25, -0.2) is 0 Å². The molecule has 4 nitrogen and oxygen atoms in total. The molecule has 1 saturated carbocycles. The zero-order valence-corrected chi connectivity index (χ0v) is 15.1. The fourth-order valence-electron chi connectivity index (χ4n) is 3.42. The average molecular weight is 351 g/mol. The van der Waals surface area contributed by atoms with Gasteiger partial charge in [0.15, 0.2) is 0 Å². The summed E-state index contributed by atoms with van der Waals surface area (Å²) < 4.78 is 6.01. The summed E-state index contributed by atoms with van der Waals surface area (Å²) in [4.78, 5) is 13.7. The Balaban J connectivity index is 1.43. The SMILES string of the molecule is CCC(=O)NCC1CC(Oc2ccc(CN3CCCC3)c(Cl)c2)C1. The van der Waals surface area contributed by atoms with Crippen molar-refractivity contribution in [2.75, 3.05) is 19.6 Å². The minimum atomic E-state index is 0.125. The summed E-state index contributed by atoms with van der Waals surface area (Å²) in [7, 11) is 0. The van der Waals surface area contributed by atoms with Gasteiger partial charge in [-0.15, -0.1) is 0 Å². The molecule has 0 bridgehead atoms. The first-order chi connectivity index (χ1) is 11.6. The Labute approximate surface area is 149 Å². The molecule has 0 unspecified atom stereocenters. The number of carbonyl (C=O) groups is 1. The Morgan fingerprint density at radius 2 is 2.08 bits per heavy atom. The van der Waals surface area contributed by atoms with E-state index in [2.05, 4.69) is 16.3 Å². The smallest absolute Gasteiger partial charge is 0.219 e. The average Bonchev–Trinajstić information content (AvgIpc) is 3.04. The van der Waals surface area contributed by atoms with Crippen LogP contribution in [0.2, 0.25) is 5.02 Å². The van der Waals surface area contributed by atoms with Crippen LogP contribution in [0.25, 0.3) is 0 Å². The molecular weight excluding hydrogens is 324 g/mol. The van der Waals surface area contributed by atoms with Gasteiger partial charge >= 0.3 is 0 Å². The van der Waals surface area contributed by atoms with Crippen molar-refractivity contribution >= 4 is 17.5 Å². The van der Waals surface area contributed by atoms with Crippen LogP contribution >= 0.6 is 11.6 Å². The Morgan fingerprint density at radius 3 is 2.75 bits per heavy atom. The van der Waals surface area contributed by atoms with E-state index in [1.165, 1.54) is 31.5 Å². The van der Waals surface area contributed by atoms with Crippen molar-refractivity contribution < 1.29 is 9.53 Å². The summed E-state index contributed by atoms with van der Waals surface area (Å²) in [6, 6.07) is 6.07. The van der Waals surface area contributed by atoms with Gasteiger partial charge in [-0.2, -0.15) is 0 Å². The van der Waals surface area contributed by atoms with E-state index in [-0.39, 0.29) is 12.0 Å². The van der Waals surface area contributed by atoms with E-state index in [0.29, 0.717) is 12.3 Å². The highest BCUT2D eigenvalue weighted by atomic mass is 35.5. The number of amides is 1. The van der Waals surface area contributed by atoms with E-state index < -0.39 is 0 Å². The maximum Gasteiger partial charge on any atom is 0.219 e. The van der Waals surface area contributed by atoms with E-state index >= 15 is 0 Å². The highest BCUT2D eigenvalue weighted by Crippen LogP contribution is 2.32. The molecule has 0 spiro atoms. The minimum absolute atomic E-state index is 0.125. The Bertz CT molecular complexity index is 566. The van der Waals surface area contributed by atoms with Crippen LogP contribution < -0.4 is 10.1 Å². The zero-order valence-electron chi connectivity index (χ0n) is 14.4. The number of halogens is 1. The van der Waals surface area contributed by atoms with Gasteiger partial charge in [-0.3, -0.25) is 9.69 Å². The quantitative estimate of drug-likeness (QED) is 0.816. The van der Waals surface area contributed by atoms with Crippen LogP contribution in [0.4, 0.5) is 0 Å². The van der Waals surface area contributed by atoms with Crippen molar-refractivity contribution in [3.63, 3.8) is 0 Å². The number of nitrogens with zero attached hydrogens (tertiary/aromatic N) is 1. The summed E-state index contributed by atoms with van der Waals surface area (Å²) in [5.74, 6) is 1.52. The van der Waals surface area contributed by atoms with Crippen LogP contribution in [0.3, 0.4) is 0 Å². The normalized spacial score (nSPS) is 23.8. The highest BCUT2D eigenvalue weighted by Gasteiger charge is 2.31. The van der Waals surface area contributed by atoms with Gasteiger partial charge in [-0.1, -0.05) is 24.6 Å². The van der Waals surface area contributed by atoms with Gasteiger partial charge < -0.3 is 10.1 Å². The molecule has 0 aromatic heterocycles. The third kappa shape index (κ3) is 4.64. The molecule has 1 aliphatic carbocycles. The van der Waals surface area contributed by atoms with Crippen LogP contribution in [-0.4, -0.2) is 36.5 Å². The van der Waals surface area contributed by atoms with Crippen LogP contribution in [0.5, 0.6) is 5.75 Å². The Kier molecular flexibility index (Phi) is 6.01. The zero-order chi connectivity index (χ0) is 16.9. The third-order valence-electron chi connectivity index (χ3n) is 5.02. The summed E-state index contributed by atoms with van der Waals surface area (Å²) in [5, 5.41) is 3.75. The second kappa shape index (κ2) is 8.21.